The number of aromatic amines is 1. The van der Waals surface area contributed by atoms with Crippen LogP contribution in [0.4, 0.5) is 5.69 Å². The van der Waals surface area contributed by atoms with E-state index >= 15 is 0 Å². The molecule has 1 aromatic carbocycles. The maximum atomic E-state index is 12.5. The Morgan fingerprint density at radius 3 is 2.65 bits per heavy atom. The minimum atomic E-state index is -3.64. The van der Waals surface area contributed by atoms with E-state index in [4.69, 9.17) is 5.73 Å². The third kappa shape index (κ3) is 2.68. The molecule has 1 unspecified atom stereocenters. The molecule has 6 nitrogen and oxygen atoms in total. The predicted molar refractivity (Wildman–Crippen MR) is 77.7 cm³/mol. The van der Waals surface area contributed by atoms with Gasteiger partial charge in [0.1, 0.15) is 0 Å². The molecule has 108 valence electrons. The summed E-state index contributed by atoms with van der Waals surface area (Å²) in [4.78, 5) is 0.243. The molecule has 0 saturated heterocycles. The summed E-state index contributed by atoms with van der Waals surface area (Å²) in [5.74, 6) is 0. The summed E-state index contributed by atoms with van der Waals surface area (Å²) in [6, 6.07) is 3.04. The molecule has 1 atom stereocenters. The first kappa shape index (κ1) is 14.5. The number of nitrogens with two attached hydrogens (primary N) is 1. The zero-order valence-electron chi connectivity index (χ0n) is 11.6. The number of hydrogen-bond donors (Lipinski definition) is 3. The summed E-state index contributed by atoms with van der Waals surface area (Å²) < 4.78 is 27.7. The highest BCUT2D eigenvalue weighted by Gasteiger charge is 2.23. The van der Waals surface area contributed by atoms with Crippen LogP contribution in [0.5, 0.6) is 0 Å². The summed E-state index contributed by atoms with van der Waals surface area (Å²) in [5, 5.41) is 6.48. The molecule has 0 aliphatic rings. The zero-order valence-corrected chi connectivity index (χ0v) is 12.5. The lowest BCUT2D eigenvalue weighted by Crippen LogP contribution is -2.28. The van der Waals surface area contributed by atoms with Crippen LogP contribution in [0.25, 0.3) is 0 Å². The fourth-order valence-electron chi connectivity index (χ4n) is 2.11. The fourth-order valence-corrected chi connectivity index (χ4v) is 3.85. The molecule has 0 aliphatic carbocycles. The van der Waals surface area contributed by atoms with Gasteiger partial charge >= 0.3 is 0 Å². The van der Waals surface area contributed by atoms with Crippen LogP contribution < -0.4 is 10.5 Å². The van der Waals surface area contributed by atoms with Gasteiger partial charge in [-0.3, -0.25) is 5.10 Å². The Morgan fingerprint density at radius 1 is 1.35 bits per heavy atom. The molecule has 0 bridgehead atoms. The number of aryl methyl sites for hydroxylation is 1. The molecule has 2 rings (SSSR count). The highest BCUT2D eigenvalue weighted by molar-refractivity contribution is 7.89. The number of aromatic nitrogens is 2. The third-order valence-electron chi connectivity index (χ3n) is 3.26. The topological polar surface area (TPSA) is 101 Å². The average Bonchev–Trinajstić information content (AvgIpc) is 2.87. The van der Waals surface area contributed by atoms with Gasteiger partial charge in [0, 0.05) is 23.5 Å². The van der Waals surface area contributed by atoms with E-state index in [1.807, 2.05) is 0 Å². The van der Waals surface area contributed by atoms with E-state index in [0.717, 1.165) is 5.56 Å². The quantitative estimate of drug-likeness (QED) is 0.746. The van der Waals surface area contributed by atoms with E-state index in [1.54, 1.807) is 45.3 Å². The number of hydrogen-bond acceptors (Lipinski definition) is 4. The van der Waals surface area contributed by atoms with Crippen molar-refractivity contribution < 1.29 is 8.42 Å². The van der Waals surface area contributed by atoms with Crippen LogP contribution in [0.3, 0.4) is 0 Å². The number of nitrogens with zero attached hydrogens (tertiary/aromatic N) is 1. The summed E-state index contributed by atoms with van der Waals surface area (Å²) in [5.41, 5.74) is 8.28. The highest BCUT2D eigenvalue weighted by atomic mass is 32.2. The largest absolute Gasteiger partial charge is 0.398 e. The van der Waals surface area contributed by atoms with Crippen LogP contribution in [0.1, 0.15) is 29.7 Å². The van der Waals surface area contributed by atoms with E-state index in [-0.39, 0.29) is 10.9 Å². The second kappa shape index (κ2) is 5.26. The number of sulfonamides is 1. The van der Waals surface area contributed by atoms with Crippen LogP contribution in [-0.4, -0.2) is 18.6 Å². The Labute approximate surface area is 118 Å². The Balaban J connectivity index is 2.39. The molecule has 0 fully saturated rings. The van der Waals surface area contributed by atoms with Crippen molar-refractivity contribution in [2.45, 2.75) is 31.7 Å². The third-order valence-corrected chi connectivity index (χ3v) is 5.09. The molecular formula is C13H18N4O2S. The average molecular weight is 294 g/mol. The maximum absolute atomic E-state index is 12.5. The van der Waals surface area contributed by atoms with Gasteiger partial charge < -0.3 is 5.73 Å². The number of H-pyrrole nitrogens is 1. The van der Waals surface area contributed by atoms with Crippen molar-refractivity contribution >= 4 is 15.7 Å². The molecule has 4 N–H and O–H groups in total. The van der Waals surface area contributed by atoms with E-state index in [2.05, 4.69) is 14.9 Å². The minimum absolute atomic E-state index is 0.243. The fraction of sp³-hybridized carbons (Fsp3) is 0.308. The number of anilines is 1. The van der Waals surface area contributed by atoms with Gasteiger partial charge in [-0.2, -0.15) is 5.10 Å². The number of nitrogen functional groups attached to an aromatic ring is 1. The molecule has 0 amide bonds. The first-order valence-corrected chi connectivity index (χ1v) is 7.68. The van der Waals surface area contributed by atoms with Gasteiger partial charge in [0.05, 0.1) is 11.1 Å². The summed E-state index contributed by atoms with van der Waals surface area (Å²) >= 11 is 0. The summed E-state index contributed by atoms with van der Waals surface area (Å²) in [7, 11) is -3.64. The lowest BCUT2D eigenvalue weighted by molar-refractivity contribution is 0.566. The number of benzene rings is 1. The molecule has 1 aromatic heterocycles. The Bertz CT molecular complexity index is 708. The van der Waals surface area contributed by atoms with Crippen molar-refractivity contribution in [3.63, 3.8) is 0 Å². The summed E-state index contributed by atoms with van der Waals surface area (Å²) in [6.45, 7) is 5.22. The van der Waals surface area contributed by atoms with Gasteiger partial charge in [-0.15, -0.1) is 0 Å². The van der Waals surface area contributed by atoms with Crippen LogP contribution in [-0.2, 0) is 10.0 Å². The summed E-state index contributed by atoms with van der Waals surface area (Å²) in [6.07, 6.45) is 3.25. The van der Waals surface area contributed by atoms with Crippen LogP contribution in [0.15, 0.2) is 29.4 Å². The van der Waals surface area contributed by atoms with Crippen LogP contribution in [0.2, 0.25) is 0 Å². The first-order chi connectivity index (χ1) is 9.33. The number of rotatable bonds is 4. The molecule has 2 aromatic rings. The van der Waals surface area contributed by atoms with Gasteiger partial charge in [0.2, 0.25) is 10.0 Å². The molecular weight excluding hydrogens is 276 g/mol. The standard InChI is InChI=1S/C13H18N4O2S/c1-8-4-5-12(14)9(2)13(8)20(18,19)17-10(3)11-6-15-16-7-11/h4-7,10,17H,14H2,1-3H3,(H,15,16). The van der Waals surface area contributed by atoms with Crippen molar-refractivity contribution in [2.75, 3.05) is 5.73 Å². The lowest BCUT2D eigenvalue weighted by atomic mass is 10.1. The Morgan fingerprint density at radius 2 is 2.05 bits per heavy atom. The van der Waals surface area contributed by atoms with Gasteiger partial charge in [-0.25, -0.2) is 13.1 Å². The highest BCUT2D eigenvalue weighted by Crippen LogP contribution is 2.26. The van der Waals surface area contributed by atoms with Gasteiger partial charge in [-0.1, -0.05) is 6.07 Å². The molecule has 0 saturated carbocycles. The van der Waals surface area contributed by atoms with E-state index in [1.165, 1.54) is 0 Å². The van der Waals surface area contributed by atoms with E-state index in [0.29, 0.717) is 16.8 Å². The molecule has 20 heavy (non-hydrogen) atoms. The van der Waals surface area contributed by atoms with Gasteiger partial charge in [0.15, 0.2) is 0 Å². The predicted octanol–water partition coefficient (Wildman–Crippen LogP) is 1.65. The van der Waals surface area contributed by atoms with Crippen LogP contribution >= 0.6 is 0 Å². The van der Waals surface area contributed by atoms with Crippen LogP contribution in [0, 0.1) is 13.8 Å². The van der Waals surface area contributed by atoms with Crippen molar-refractivity contribution in [3.05, 3.63) is 41.2 Å². The second-order valence-electron chi connectivity index (χ2n) is 4.80. The lowest BCUT2D eigenvalue weighted by Gasteiger charge is -2.17. The molecule has 0 spiro atoms. The molecule has 0 aliphatic heterocycles. The molecule has 7 heteroatoms. The van der Waals surface area contributed by atoms with E-state index < -0.39 is 10.0 Å². The van der Waals surface area contributed by atoms with Crippen molar-refractivity contribution in [1.29, 1.82) is 0 Å². The second-order valence-corrected chi connectivity index (χ2v) is 6.45. The first-order valence-electron chi connectivity index (χ1n) is 6.19. The molecule has 1 heterocycles. The zero-order chi connectivity index (χ0) is 14.9. The van der Waals surface area contributed by atoms with Crippen molar-refractivity contribution in [1.82, 2.24) is 14.9 Å². The Kier molecular flexibility index (Phi) is 3.82. The number of nitrogens with one attached hydrogen (secondary N) is 2. The smallest absolute Gasteiger partial charge is 0.241 e. The normalized spacial score (nSPS) is 13.3. The minimum Gasteiger partial charge on any atom is -0.398 e. The van der Waals surface area contributed by atoms with Crippen molar-refractivity contribution in [3.8, 4) is 0 Å². The monoisotopic (exact) mass is 294 g/mol. The molecule has 0 radical (unpaired) electrons. The SMILES string of the molecule is Cc1ccc(N)c(C)c1S(=O)(=O)NC(C)c1cn[nH]c1. The van der Waals surface area contributed by atoms with E-state index in [9.17, 15) is 8.42 Å². The van der Waals surface area contributed by atoms with Gasteiger partial charge in [0.25, 0.3) is 0 Å². The Hall–Kier alpha value is -1.86. The van der Waals surface area contributed by atoms with Gasteiger partial charge in [-0.05, 0) is 38.0 Å². The van der Waals surface area contributed by atoms with Crippen molar-refractivity contribution in [2.24, 2.45) is 0 Å². The maximum Gasteiger partial charge on any atom is 0.241 e.